The Morgan fingerprint density at radius 3 is 1.62 bits per heavy atom. The molecule has 0 aromatic rings. The SMILES string of the molecule is C(CCNCC1CO1)CCOCCCCCNCC1CO1. The highest BCUT2D eigenvalue weighted by Crippen LogP contribution is 2.07. The zero-order valence-electron chi connectivity index (χ0n) is 13.3. The van der Waals surface area contributed by atoms with Crippen molar-refractivity contribution in [1.29, 1.82) is 0 Å². The van der Waals surface area contributed by atoms with Crippen LogP contribution < -0.4 is 10.6 Å². The van der Waals surface area contributed by atoms with E-state index in [0.717, 1.165) is 52.6 Å². The molecular formula is C16H32N2O3. The van der Waals surface area contributed by atoms with E-state index in [1.54, 1.807) is 0 Å². The fraction of sp³-hybridized carbons (Fsp3) is 1.00. The summed E-state index contributed by atoms with van der Waals surface area (Å²) in [6.07, 6.45) is 8.38. The van der Waals surface area contributed by atoms with Crippen LogP contribution in [0.1, 0.15) is 38.5 Å². The molecule has 0 bridgehead atoms. The Balaban J connectivity index is 1.16. The molecule has 5 nitrogen and oxygen atoms in total. The second-order valence-electron chi connectivity index (χ2n) is 6.05. The summed E-state index contributed by atoms with van der Waals surface area (Å²) in [7, 11) is 0. The fourth-order valence-corrected chi connectivity index (χ4v) is 2.26. The van der Waals surface area contributed by atoms with Gasteiger partial charge in [-0.2, -0.15) is 0 Å². The number of nitrogens with one attached hydrogen (secondary N) is 2. The molecule has 0 saturated carbocycles. The topological polar surface area (TPSA) is 58.4 Å². The maximum absolute atomic E-state index is 5.66. The van der Waals surface area contributed by atoms with E-state index < -0.39 is 0 Å². The van der Waals surface area contributed by atoms with Gasteiger partial charge in [0, 0.05) is 26.3 Å². The Kier molecular flexibility index (Phi) is 9.30. The highest BCUT2D eigenvalue weighted by molar-refractivity contribution is 4.71. The molecule has 2 heterocycles. The molecular weight excluding hydrogens is 268 g/mol. The number of hydrogen-bond acceptors (Lipinski definition) is 5. The summed E-state index contributed by atoms with van der Waals surface area (Å²) < 4.78 is 15.9. The molecule has 5 heteroatoms. The van der Waals surface area contributed by atoms with Crippen LogP contribution in [0.15, 0.2) is 0 Å². The van der Waals surface area contributed by atoms with Gasteiger partial charge in [0.1, 0.15) is 0 Å². The number of rotatable bonds is 16. The number of hydrogen-bond donors (Lipinski definition) is 2. The summed E-state index contributed by atoms with van der Waals surface area (Å²) in [5.41, 5.74) is 0. The molecule has 2 atom stereocenters. The molecule has 2 saturated heterocycles. The minimum absolute atomic E-state index is 0.505. The molecule has 2 rings (SSSR count). The second kappa shape index (κ2) is 11.4. The van der Waals surface area contributed by atoms with Crippen LogP contribution in [0.3, 0.4) is 0 Å². The predicted molar refractivity (Wildman–Crippen MR) is 83.7 cm³/mol. The van der Waals surface area contributed by atoms with Crippen molar-refractivity contribution in [3.8, 4) is 0 Å². The Bertz CT molecular complexity index is 222. The summed E-state index contributed by atoms with van der Waals surface area (Å²) >= 11 is 0. The third-order valence-corrected chi connectivity index (χ3v) is 3.83. The standard InChI is InChI=1S/C16H32N2O3/c1(3-7-17-11-15-13-20-15)5-9-19-10-6-2-4-8-18-12-16-14-21-16/h15-18H,1-14H2. The Morgan fingerprint density at radius 2 is 1.19 bits per heavy atom. The van der Waals surface area contributed by atoms with Crippen molar-refractivity contribution in [2.75, 3.05) is 52.6 Å². The molecule has 2 unspecified atom stereocenters. The van der Waals surface area contributed by atoms with E-state index in [9.17, 15) is 0 Å². The van der Waals surface area contributed by atoms with Gasteiger partial charge in [-0.1, -0.05) is 0 Å². The lowest BCUT2D eigenvalue weighted by atomic mass is 10.2. The highest BCUT2D eigenvalue weighted by Gasteiger charge is 2.21. The molecule has 124 valence electrons. The van der Waals surface area contributed by atoms with Gasteiger partial charge >= 0.3 is 0 Å². The van der Waals surface area contributed by atoms with Crippen molar-refractivity contribution < 1.29 is 14.2 Å². The minimum atomic E-state index is 0.505. The van der Waals surface area contributed by atoms with E-state index in [1.165, 1.54) is 38.5 Å². The lowest BCUT2D eigenvalue weighted by Crippen LogP contribution is -2.20. The first-order valence-electron chi connectivity index (χ1n) is 8.67. The number of epoxide rings is 2. The Morgan fingerprint density at radius 1 is 0.714 bits per heavy atom. The van der Waals surface area contributed by atoms with Gasteiger partial charge in [-0.25, -0.2) is 0 Å². The average Bonchev–Trinajstić information content (AvgIpc) is 3.37. The normalized spacial score (nSPS) is 23.4. The van der Waals surface area contributed by atoms with Crippen LogP contribution in [0.4, 0.5) is 0 Å². The average molecular weight is 300 g/mol. The quantitative estimate of drug-likeness (QED) is 0.333. The Hall–Kier alpha value is -0.200. The van der Waals surface area contributed by atoms with Crippen LogP contribution in [0.2, 0.25) is 0 Å². The number of ether oxygens (including phenoxy) is 3. The maximum Gasteiger partial charge on any atom is 0.0933 e. The van der Waals surface area contributed by atoms with E-state index in [-0.39, 0.29) is 0 Å². The van der Waals surface area contributed by atoms with E-state index in [1.807, 2.05) is 0 Å². The lowest BCUT2D eigenvalue weighted by Gasteiger charge is -2.05. The zero-order chi connectivity index (χ0) is 14.6. The van der Waals surface area contributed by atoms with E-state index in [4.69, 9.17) is 14.2 Å². The second-order valence-corrected chi connectivity index (χ2v) is 6.05. The first-order valence-corrected chi connectivity index (χ1v) is 8.67. The van der Waals surface area contributed by atoms with E-state index >= 15 is 0 Å². The Labute approximate surface area is 129 Å². The van der Waals surface area contributed by atoms with Crippen LogP contribution in [0.5, 0.6) is 0 Å². The van der Waals surface area contributed by atoms with Crippen molar-refractivity contribution in [3.63, 3.8) is 0 Å². The summed E-state index contributed by atoms with van der Waals surface area (Å²) in [4.78, 5) is 0. The van der Waals surface area contributed by atoms with Crippen LogP contribution in [-0.4, -0.2) is 64.8 Å². The molecule has 2 aliphatic heterocycles. The first kappa shape index (κ1) is 17.2. The van der Waals surface area contributed by atoms with E-state index in [0.29, 0.717) is 12.2 Å². The predicted octanol–water partition coefficient (Wildman–Crippen LogP) is 1.32. The maximum atomic E-state index is 5.66. The van der Waals surface area contributed by atoms with Gasteiger partial charge in [0.25, 0.3) is 0 Å². The monoisotopic (exact) mass is 300 g/mol. The van der Waals surface area contributed by atoms with Gasteiger partial charge in [0.15, 0.2) is 0 Å². The highest BCUT2D eigenvalue weighted by atomic mass is 16.6. The van der Waals surface area contributed by atoms with Crippen LogP contribution in [0.25, 0.3) is 0 Å². The smallest absolute Gasteiger partial charge is 0.0933 e. The molecule has 2 N–H and O–H groups in total. The molecule has 0 aliphatic carbocycles. The van der Waals surface area contributed by atoms with Gasteiger partial charge in [0.2, 0.25) is 0 Å². The molecule has 0 spiro atoms. The lowest BCUT2D eigenvalue weighted by molar-refractivity contribution is 0.126. The molecule has 2 aliphatic rings. The zero-order valence-corrected chi connectivity index (χ0v) is 13.3. The van der Waals surface area contributed by atoms with Crippen LogP contribution in [-0.2, 0) is 14.2 Å². The molecule has 2 fully saturated rings. The minimum Gasteiger partial charge on any atom is -0.381 e. The molecule has 0 radical (unpaired) electrons. The van der Waals surface area contributed by atoms with Crippen molar-refractivity contribution in [3.05, 3.63) is 0 Å². The van der Waals surface area contributed by atoms with Gasteiger partial charge in [-0.3, -0.25) is 0 Å². The van der Waals surface area contributed by atoms with E-state index in [2.05, 4.69) is 10.6 Å². The van der Waals surface area contributed by atoms with Crippen molar-refractivity contribution >= 4 is 0 Å². The summed E-state index contributed by atoms with van der Waals surface area (Å²) in [5, 5.41) is 6.83. The summed E-state index contributed by atoms with van der Waals surface area (Å²) in [5.74, 6) is 0. The van der Waals surface area contributed by atoms with Gasteiger partial charge < -0.3 is 24.8 Å². The van der Waals surface area contributed by atoms with Crippen molar-refractivity contribution in [1.82, 2.24) is 10.6 Å². The molecule has 0 aromatic heterocycles. The fourth-order valence-electron chi connectivity index (χ4n) is 2.26. The van der Waals surface area contributed by atoms with Gasteiger partial charge in [-0.15, -0.1) is 0 Å². The molecule has 21 heavy (non-hydrogen) atoms. The largest absolute Gasteiger partial charge is 0.381 e. The van der Waals surface area contributed by atoms with Crippen LogP contribution >= 0.6 is 0 Å². The third-order valence-electron chi connectivity index (χ3n) is 3.83. The summed E-state index contributed by atoms with van der Waals surface area (Å²) in [6, 6.07) is 0. The molecule has 0 aromatic carbocycles. The van der Waals surface area contributed by atoms with Gasteiger partial charge in [-0.05, 0) is 51.6 Å². The van der Waals surface area contributed by atoms with Crippen molar-refractivity contribution in [2.45, 2.75) is 50.7 Å². The van der Waals surface area contributed by atoms with Gasteiger partial charge in [0.05, 0.1) is 25.4 Å². The van der Waals surface area contributed by atoms with Crippen LogP contribution in [0, 0.1) is 0 Å². The first-order chi connectivity index (χ1) is 10.4. The molecule has 0 amide bonds. The summed E-state index contributed by atoms with van der Waals surface area (Å²) in [6.45, 7) is 8.01. The van der Waals surface area contributed by atoms with Crippen molar-refractivity contribution in [2.24, 2.45) is 0 Å². The number of unbranched alkanes of at least 4 members (excludes halogenated alkanes) is 4. The third kappa shape index (κ3) is 11.1.